The molecule has 1 aromatic carbocycles. The lowest BCUT2D eigenvalue weighted by atomic mass is 10.0. The van der Waals surface area contributed by atoms with Gasteiger partial charge in [0.1, 0.15) is 5.82 Å². The molecule has 0 saturated heterocycles. The maximum absolute atomic E-state index is 12.8. The number of fused-ring (bicyclic) bond motifs is 1. The van der Waals surface area contributed by atoms with E-state index >= 15 is 0 Å². The molecule has 0 saturated carbocycles. The zero-order chi connectivity index (χ0) is 15.0. The maximum atomic E-state index is 12.8. The molecule has 7 heteroatoms. The second-order valence-corrected chi connectivity index (χ2v) is 4.85. The van der Waals surface area contributed by atoms with Gasteiger partial charge in [0.25, 0.3) is 0 Å². The molecule has 0 aliphatic carbocycles. The smallest absolute Gasteiger partial charge is 0.368 e. The number of nitrogens with two attached hydrogens (primary N) is 1. The summed E-state index contributed by atoms with van der Waals surface area (Å²) in [7, 11) is 0. The zero-order valence-corrected chi connectivity index (χ0v) is 11.1. The molecule has 110 valence electrons. The zero-order valence-electron chi connectivity index (χ0n) is 11.1. The summed E-state index contributed by atoms with van der Waals surface area (Å²) < 4.78 is 38.5. The third kappa shape index (κ3) is 2.63. The van der Waals surface area contributed by atoms with Crippen LogP contribution in [0, 0.1) is 0 Å². The molecular weight excluding hydrogens is 281 g/mol. The molecule has 4 nitrogen and oxygen atoms in total. The molecule has 0 unspecified atom stereocenters. The lowest BCUT2D eigenvalue weighted by Crippen LogP contribution is -2.26. The van der Waals surface area contributed by atoms with Gasteiger partial charge in [0.05, 0.1) is 0 Å². The third-order valence-electron chi connectivity index (χ3n) is 3.41. The van der Waals surface area contributed by atoms with Crippen LogP contribution in [-0.4, -0.2) is 16.5 Å². The summed E-state index contributed by atoms with van der Waals surface area (Å²) in [5, 5.41) is 0. The first kappa shape index (κ1) is 13.7. The van der Waals surface area contributed by atoms with Crippen molar-refractivity contribution in [2.45, 2.75) is 19.0 Å². The van der Waals surface area contributed by atoms with Gasteiger partial charge >= 0.3 is 6.18 Å². The van der Waals surface area contributed by atoms with Gasteiger partial charge in [0, 0.05) is 18.3 Å². The number of aromatic nitrogens is 2. The Kier molecular flexibility index (Phi) is 3.19. The summed E-state index contributed by atoms with van der Waals surface area (Å²) in [6, 6.07) is 8.55. The van der Waals surface area contributed by atoms with Crippen LogP contribution in [0.1, 0.15) is 17.7 Å². The average molecular weight is 294 g/mol. The van der Waals surface area contributed by atoms with Gasteiger partial charge in [-0.25, -0.2) is 4.98 Å². The monoisotopic (exact) mass is 294 g/mol. The Morgan fingerprint density at radius 1 is 1.14 bits per heavy atom. The van der Waals surface area contributed by atoms with E-state index in [4.69, 9.17) is 5.73 Å². The van der Waals surface area contributed by atoms with E-state index in [0.29, 0.717) is 6.54 Å². The van der Waals surface area contributed by atoms with Gasteiger partial charge in [-0.2, -0.15) is 18.2 Å². The van der Waals surface area contributed by atoms with Crippen molar-refractivity contribution in [1.82, 2.24) is 9.97 Å². The Hall–Kier alpha value is -2.31. The highest BCUT2D eigenvalue weighted by Crippen LogP contribution is 2.35. The van der Waals surface area contributed by atoms with Crippen molar-refractivity contribution in [2.75, 3.05) is 17.2 Å². The normalized spacial score (nSPS) is 14.9. The van der Waals surface area contributed by atoms with E-state index < -0.39 is 11.9 Å². The second kappa shape index (κ2) is 4.91. The lowest BCUT2D eigenvalue weighted by Gasteiger charge is -2.30. The molecule has 0 bridgehead atoms. The lowest BCUT2D eigenvalue weighted by molar-refractivity contribution is -0.141. The van der Waals surface area contributed by atoms with Crippen LogP contribution >= 0.6 is 0 Å². The molecule has 2 aromatic rings. The molecule has 1 aromatic heterocycles. The number of halogens is 3. The summed E-state index contributed by atoms with van der Waals surface area (Å²) in [4.78, 5) is 8.99. The molecule has 1 aliphatic heterocycles. The summed E-state index contributed by atoms with van der Waals surface area (Å²) >= 11 is 0. The Morgan fingerprint density at radius 2 is 1.90 bits per heavy atom. The van der Waals surface area contributed by atoms with Gasteiger partial charge in [-0.3, -0.25) is 0 Å². The summed E-state index contributed by atoms with van der Waals surface area (Å²) in [6.07, 6.45) is -2.79. The van der Waals surface area contributed by atoms with Gasteiger partial charge in [0.2, 0.25) is 5.95 Å². The number of alkyl halides is 3. The minimum Gasteiger partial charge on any atom is -0.368 e. The van der Waals surface area contributed by atoms with E-state index in [1.807, 2.05) is 24.3 Å². The highest BCUT2D eigenvalue weighted by atomic mass is 19.4. The number of hydrogen-bond acceptors (Lipinski definition) is 4. The number of para-hydroxylation sites is 1. The van der Waals surface area contributed by atoms with Crippen molar-refractivity contribution >= 4 is 17.5 Å². The van der Waals surface area contributed by atoms with E-state index in [1.54, 1.807) is 4.90 Å². The van der Waals surface area contributed by atoms with E-state index in [9.17, 15) is 13.2 Å². The largest absolute Gasteiger partial charge is 0.433 e. The molecular formula is C14H13F3N4. The van der Waals surface area contributed by atoms with Crippen LogP contribution in [0.5, 0.6) is 0 Å². The van der Waals surface area contributed by atoms with Crippen molar-refractivity contribution in [2.24, 2.45) is 0 Å². The van der Waals surface area contributed by atoms with E-state index in [1.165, 1.54) is 0 Å². The first-order chi connectivity index (χ1) is 9.95. The molecule has 0 fully saturated rings. The Balaban J connectivity index is 2.08. The standard InChI is InChI=1S/C14H13F3N4/c15-14(16,17)11-8-12(20-13(18)19-11)21-7-3-5-9-4-1-2-6-10(9)21/h1-2,4,6,8H,3,5,7H2,(H2,18,19,20). The van der Waals surface area contributed by atoms with Crippen molar-refractivity contribution in [1.29, 1.82) is 0 Å². The fraction of sp³-hybridized carbons (Fsp3) is 0.286. The van der Waals surface area contributed by atoms with E-state index in [0.717, 1.165) is 30.2 Å². The molecule has 0 amide bonds. The van der Waals surface area contributed by atoms with Crippen molar-refractivity contribution in [3.63, 3.8) is 0 Å². The Morgan fingerprint density at radius 3 is 2.67 bits per heavy atom. The highest BCUT2D eigenvalue weighted by Gasteiger charge is 2.34. The van der Waals surface area contributed by atoms with E-state index in [-0.39, 0.29) is 11.8 Å². The molecule has 0 atom stereocenters. The van der Waals surface area contributed by atoms with Crippen LogP contribution < -0.4 is 10.6 Å². The van der Waals surface area contributed by atoms with Gasteiger partial charge in [0.15, 0.2) is 5.69 Å². The van der Waals surface area contributed by atoms with Gasteiger partial charge in [-0.15, -0.1) is 0 Å². The van der Waals surface area contributed by atoms with Crippen molar-refractivity contribution in [3.8, 4) is 0 Å². The fourth-order valence-electron chi connectivity index (χ4n) is 2.51. The molecule has 0 radical (unpaired) electrons. The number of benzene rings is 1. The molecule has 2 N–H and O–H groups in total. The van der Waals surface area contributed by atoms with Gasteiger partial charge in [-0.1, -0.05) is 18.2 Å². The maximum Gasteiger partial charge on any atom is 0.433 e. The molecule has 21 heavy (non-hydrogen) atoms. The number of nitrogen functional groups attached to an aromatic ring is 1. The minimum absolute atomic E-state index is 0.182. The molecule has 3 rings (SSSR count). The molecule has 2 heterocycles. The Bertz CT molecular complexity index is 670. The van der Waals surface area contributed by atoms with Crippen LogP contribution in [0.15, 0.2) is 30.3 Å². The first-order valence-electron chi connectivity index (χ1n) is 6.52. The number of aryl methyl sites for hydroxylation is 1. The number of rotatable bonds is 1. The summed E-state index contributed by atoms with van der Waals surface area (Å²) in [5.41, 5.74) is 6.38. The summed E-state index contributed by atoms with van der Waals surface area (Å²) in [5.74, 6) is -0.190. The Labute approximate surface area is 119 Å². The number of anilines is 3. The van der Waals surface area contributed by atoms with Gasteiger partial charge in [-0.05, 0) is 24.5 Å². The SMILES string of the molecule is Nc1nc(N2CCCc3ccccc32)cc(C(F)(F)F)n1. The first-order valence-corrected chi connectivity index (χ1v) is 6.52. The topological polar surface area (TPSA) is 55.0 Å². The van der Waals surface area contributed by atoms with Crippen molar-refractivity contribution in [3.05, 3.63) is 41.6 Å². The molecule has 1 aliphatic rings. The average Bonchev–Trinajstić information content (AvgIpc) is 2.45. The van der Waals surface area contributed by atoms with Crippen LogP contribution in [0.4, 0.5) is 30.6 Å². The van der Waals surface area contributed by atoms with Crippen molar-refractivity contribution < 1.29 is 13.2 Å². The van der Waals surface area contributed by atoms with Crippen LogP contribution in [0.25, 0.3) is 0 Å². The van der Waals surface area contributed by atoms with Crippen LogP contribution in [-0.2, 0) is 12.6 Å². The summed E-state index contributed by atoms with van der Waals surface area (Å²) in [6.45, 7) is 0.602. The fourth-order valence-corrected chi connectivity index (χ4v) is 2.51. The number of hydrogen-bond donors (Lipinski definition) is 1. The minimum atomic E-state index is -4.54. The van der Waals surface area contributed by atoms with E-state index in [2.05, 4.69) is 9.97 Å². The van der Waals surface area contributed by atoms with Gasteiger partial charge < -0.3 is 10.6 Å². The number of nitrogens with zero attached hydrogens (tertiary/aromatic N) is 3. The van der Waals surface area contributed by atoms with Crippen LogP contribution in [0.2, 0.25) is 0 Å². The second-order valence-electron chi connectivity index (χ2n) is 4.85. The third-order valence-corrected chi connectivity index (χ3v) is 3.41. The highest BCUT2D eigenvalue weighted by molar-refractivity contribution is 5.66. The predicted molar refractivity (Wildman–Crippen MR) is 73.2 cm³/mol. The quantitative estimate of drug-likeness (QED) is 0.877. The molecule has 0 spiro atoms. The van der Waals surface area contributed by atoms with Crippen LogP contribution in [0.3, 0.4) is 0 Å². The predicted octanol–water partition coefficient (Wildman–Crippen LogP) is 3.16.